The van der Waals surface area contributed by atoms with E-state index in [1.54, 1.807) is 11.3 Å². The molecule has 4 heteroatoms. The molecule has 1 N–H and O–H groups in total. The van der Waals surface area contributed by atoms with Gasteiger partial charge in [0.25, 0.3) is 0 Å². The quantitative estimate of drug-likeness (QED) is 0.883. The highest BCUT2D eigenvalue weighted by atomic mass is 32.1. The molecule has 0 bridgehead atoms. The van der Waals surface area contributed by atoms with Crippen molar-refractivity contribution in [3.8, 4) is 11.4 Å². The smallest absolute Gasteiger partial charge is 0.160 e. The van der Waals surface area contributed by atoms with Gasteiger partial charge in [0.2, 0.25) is 0 Å². The molecule has 3 nitrogen and oxygen atoms in total. The maximum Gasteiger partial charge on any atom is 0.160 e. The Morgan fingerprint density at radius 1 is 1.41 bits per heavy atom. The van der Waals surface area contributed by atoms with Crippen LogP contribution in [0.2, 0.25) is 0 Å². The van der Waals surface area contributed by atoms with Crippen LogP contribution in [-0.2, 0) is 19.4 Å². The summed E-state index contributed by atoms with van der Waals surface area (Å²) in [6.07, 6.45) is 2.05. The molecule has 0 amide bonds. The Kier molecular flexibility index (Phi) is 2.91. The second-order valence-electron chi connectivity index (χ2n) is 4.21. The lowest BCUT2D eigenvalue weighted by Gasteiger charge is -2.19. The molecule has 1 aliphatic heterocycles. The number of rotatable bonds is 2. The molecular formula is C13H15N3S. The lowest BCUT2D eigenvalue weighted by Crippen LogP contribution is -2.26. The molecule has 2 aromatic rings. The monoisotopic (exact) mass is 245 g/mol. The molecule has 0 radical (unpaired) electrons. The Morgan fingerprint density at radius 2 is 2.35 bits per heavy atom. The minimum Gasteiger partial charge on any atom is -0.311 e. The van der Waals surface area contributed by atoms with Crippen molar-refractivity contribution in [3.05, 3.63) is 33.8 Å². The summed E-state index contributed by atoms with van der Waals surface area (Å²) in [7, 11) is 0. The Labute approximate surface area is 105 Å². The predicted molar refractivity (Wildman–Crippen MR) is 70.1 cm³/mol. The van der Waals surface area contributed by atoms with Crippen molar-refractivity contribution >= 4 is 11.3 Å². The van der Waals surface area contributed by atoms with Crippen LogP contribution in [0.1, 0.15) is 23.9 Å². The number of nitrogens with one attached hydrogen (secondary N) is 1. The van der Waals surface area contributed by atoms with E-state index in [9.17, 15) is 0 Å². The second-order valence-corrected chi connectivity index (χ2v) is 4.99. The van der Waals surface area contributed by atoms with Crippen LogP contribution < -0.4 is 5.32 Å². The third kappa shape index (κ3) is 1.98. The number of hydrogen-bond acceptors (Lipinski definition) is 4. The molecule has 1 aliphatic rings. The van der Waals surface area contributed by atoms with Crippen molar-refractivity contribution in [1.82, 2.24) is 15.3 Å². The van der Waals surface area contributed by atoms with Crippen LogP contribution >= 0.6 is 11.3 Å². The van der Waals surface area contributed by atoms with E-state index in [4.69, 9.17) is 9.97 Å². The van der Waals surface area contributed by atoms with Gasteiger partial charge in [0.15, 0.2) is 5.82 Å². The van der Waals surface area contributed by atoms with E-state index < -0.39 is 0 Å². The van der Waals surface area contributed by atoms with Crippen LogP contribution in [0.25, 0.3) is 11.4 Å². The fourth-order valence-corrected chi connectivity index (χ4v) is 2.88. The van der Waals surface area contributed by atoms with Crippen LogP contribution in [0.15, 0.2) is 16.8 Å². The van der Waals surface area contributed by atoms with Gasteiger partial charge in [-0.05, 0) is 36.4 Å². The summed E-state index contributed by atoms with van der Waals surface area (Å²) in [4.78, 5) is 9.41. The number of thiophene rings is 1. The maximum absolute atomic E-state index is 4.71. The minimum absolute atomic E-state index is 0.877. The molecule has 3 rings (SSSR count). The molecule has 88 valence electrons. The molecule has 0 fully saturated rings. The fourth-order valence-electron chi connectivity index (χ4n) is 2.25. The van der Waals surface area contributed by atoms with Crippen LogP contribution in [-0.4, -0.2) is 16.5 Å². The molecule has 0 aromatic carbocycles. The topological polar surface area (TPSA) is 37.8 Å². The maximum atomic E-state index is 4.71. The molecular weight excluding hydrogens is 230 g/mol. The van der Waals surface area contributed by atoms with Crippen LogP contribution in [0.4, 0.5) is 0 Å². The summed E-state index contributed by atoms with van der Waals surface area (Å²) in [5.74, 6) is 0.880. The standard InChI is InChI=1S/C13H15N3S/c1-2-11-10-3-5-14-7-12(10)16-13(15-11)9-4-6-17-8-9/h4,6,8,14H,2-3,5,7H2,1H3. The summed E-state index contributed by atoms with van der Waals surface area (Å²) in [5, 5.41) is 7.56. The van der Waals surface area contributed by atoms with Gasteiger partial charge in [0, 0.05) is 23.2 Å². The Balaban J connectivity index is 2.12. The normalized spacial score (nSPS) is 14.6. The van der Waals surface area contributed by atoms with Crippen LogP contribution in [0, 0.1) is 0 Å². The molecule has 0 atom stereocenters. The Morgan fingerprint density at radius 3 is 3.12 bits per heavy atom. The van der Waals surface area contributed by atoms with Crippen molar-refractivity contribution in [3.63, 3.8) is 0 Å². The van der Waals surface area contributed by atoms with E-state index in [2.05, 4.69) is 29.1 Å². The average Bonchev–Trinajstić information content (AvgIpc) is 2.91. The molecule has 0 saturated heterocycles. The molecule has 0 saturated carbocycles. The molecule has 0 unspecified atom stereocenters. The zero-order valence-corrected chi connectivity index (χ0v) is 10.7. The van der Waals surface area contributed by atoms with Gasteiger partial charge < -0.3 is 5.32 Å². The third-order valence-electron chi connectivity index (χ3n) is 3.14. The van der Waals surface area contributed by atoms with Crippen molar-refractivity contribution in [2.45, 2.75) is 26.3 Å². The largest absolute Gasteiger partial charge is 0.311 e. The van der Waals surface area contributed by atoms with E-state index in [0.717, 1.165) is 37.3 Å². The molecule has 0 aliphatic carbocycles. The van der Waals surface area contributed by atoms with Crippen molar-refractivity contribution in [2.24, 2.45) is 0 Å². The van der Waals surface area contributed by atoms with Crippen molar-refractivity contribution in [1.29, 1.82) is 0 Å². The zero-order valence-electron chi connectivity index (χ0n) is 9.86. The van der Waals surface area contributed by atoms with E-state index in [-0.39, 0.29) is 0 Å². The highest BCUT2D eigenvalue weighted by molar-refractivity contribution is 7.08. The summed E-state index contributed by atoms with van der Waals surface area (Å²) in [6.45, 7) is 4.09. The minimum atomic E-state index is 0.877. The van der Waals surface area contributed by atoms with Crippen LogP contribution in [0.3, 0.4) is 0 Å². The lowest BCUT2D eigenvalue weighted by molar-refractivity contribution is 0.617. The summed E-state index contributed by atoms with van der Waals surface area (Å²) < 4.78 is 0. The van der Waals surface area contributed by atoms with Crippen molar-refractivity contribution in [2.75, 3.05) is 6.54 Å². The summed E-state index contributed by atoms with van der Waals surface area (Å²) >= 11 is 1.69. The van der Waals surface area contributed by atoms with E-state index in [1.807, 2.05) is 0 Å². The average molecular weight is 245 g/mol. The van der Waals surface area contributed by atoms with Gasteiger partial charge in [-0.15, -0.1) is 0 Å². The van der Waals surface area contributed by atoms with Gasteiger partial charge >= 0.3 is 0 Å². The number of nitrogens with zero attached hydrogens (tertiary/aromatic N) is 2. The first-order valence-electron chi connectivity index (χ1n) is 6.00. The Bertz CT molecular complexity index is 502. The first-order valence-corrected chi connectivity index (χ1v) is 6.94. The second kappa shape index (κ2) is 4.55. The highest BCUT2D eigenvalue weighted by Crippen LogP contribution is 2.23. The van der Waals surface area contributed by atoms with Crippen LogP contribution in [0.5, 0.6) is 0 Å². The predicted octanol–water partition coefficient (Wildman–Crippen LogP) is 2.41. The van der Waals surface area contributed by atoms with Gasteiger partial charge in [-0.1, -0.05) is 6.92 Å². The molecule has 17 heavy (non-hydrogen) atoms. The molecule has 2 aromatic heterocycles. The SMILES string of the molecule is CCc1nc(-c2ccsc2)nc2c1CCNC2. The third-order valence-corrected chi connectivity index (χ3v) is 3.82. The summed E-state index contributed by atoms with van der Waals surface area (Å²) in [6, 6.07) is 2.09. The zero-order chi connectivity index (χ0) is 11.7. The van der Waals surface area contributed by atoms with E-state index >= 15 is 0 Å². The number of fused-ring (bicyclic) bond motifs is 1. The number of aryl methyl sites for hydroxylation is 1. The van der Waals surface area contributed by atoms with E-state index in [0.29, 0.717) is 0 Å². The van der Waals surface area contributed by atoms with Crippen molar-refractivity contribution < 1.29 is 0 Å². The van der Waals surface area contributed by atoms with E-state index in [1.165, 1.54) is 17.0 Å². The number of hydrogen-bond donors (Lipinski definition) is 1. The van der Waals surface area contributed by atoms with Gasteiger partial charge in [-0.2, -0.15) is 11.3 Å². The lowest BCUT2D eigenvalue weighted by atomic mass is 10.0. The highest BCUT2D eigenvalue weighted by Gasteiger charge is 2.16. The van der Waals surface area contributed by atoms with Gasteiger partial charge in [0.05, 0.1) is 5.69 Å². The van der Waals surface area contributed by atoms with Gasteiger partial charge in [-0.3, -0.25) is 0 Å². The number of aromatic nitrogens is 2. The first-order chi connectivity index (χ1) is 8.38. The van der Waals surface area contributed by atoms with Gasteiger partial charge in [-0.25, -0.2) is 9.97 Å². The molecule has 3 heterocycles. The first kappa shape index (κ1) is 10.9. The van der Waals surface area contributed by atoms with Gasteiger partial charge in [0.1, 0.15) is 0 Å². The Hall–Kier alpha value is -1.26. The molecule has 0 spiro atoms. The fraction of sp³-hybridized carbons (Fsp3) is 0.385. The summed E-state index contributed by atoms with van der Waals surface area (Å²) in [5.41, 5.74) is 4.91.